The van der Waals surface area contributed by atoms with Gasteiger partial charge in [0.1, 0.15) is 6.10 Å². The van der Waals surface area contributed by atoms with Crippen molar-refractivity contribution in [3.63, 3.8) is 0 Å². The Kier molecular flexibility index (Phi) is 22.7. The summed E-state index contributed by atoms with van der Waals surface area (Å²) in [6.45, 7) is 4.00. The monoisotopic (exact) mass is 465 g/mol. The third-order valence-electron chi connectivity index (χ3n) is 5.69. The van der Waals surface area contributed by atoms with Gasteiger partial charge >= 0.3 is 0 Å². The zero-order chi connectivity index (χ0) is 24.6. The Morgan fingerprint density at radius 1 is 0.727 bits per heavy atom. The predicted molar refractivity (Wildman–Crippen MR) is 139 cm³/mol. The van der Waals surface area contributed by atoms with Gasteiger partial charge in [-0.2, -0.15) is 0 Å². The summed E-state index contributed by atoms with van der Waals surface area (Å²) in [6, 6.07) is -0.813. The van der Waals surface area contributed by atoms with Gasteiger partial charge in [0.05, 0.1) is 18.8 Å². The molecule has 0 rings (SSSR count). The third-order valence-corrected chi connectivity index (χ3v) is 5.69. The highest BCUT2D eigenvalue weighted by Gasteiger charge is 2.22. The first-order valence-corrected chi connectivity index (χ1v) is 13.3. The Morgan fingerprint density at radius 3 is 1.79 bits per heavy atom. The minimum Gasteiger partial charge on any atom is -0.394 e. The van der Waals surface area contributed by atoms with Crippen LogP contribution in [0.1, 0.15) is 110 Å². The lowest BCUT2D eigenvalue weighted by Crippen LogP contribution is -2.48. The van der Waals surface area contributed by atoms with Crippen LogP contribution in [0, 0.1) is 0 Å². The largest absolute Gasteiger partial charge is 0.394 e. The highest BCUT2D eigenvalue weighted by molar-refractivity contribution is 5.80. The topological polar surface area (TPSA) is 89.8 Å². The van der Waals surface area contributed by atoms with Gasteiger partial charge in [-0.15, -0.1) is 0 Å². The lowest BCUT2D eigenvalue weighted by atomic mass is 10.0. The number of nitrogens with one attached hydrogen (secondary N) is 1. The molecule has 0 aromatic carbocycles. The van der Waals surface area contributed by atoms with Crippen molar-refractivity contribution in [2.75, 3.05) is 6.61 Å². The Hall–Kier alpha value is -1.43. The van der Waals surface area contributed by atoms with E-state index in [1.807, 2.05) is 6.08 Å². The molecule has 192 valence electrons. The molecule has 4 N–H and O–H groups in total. The van der Waals surface area contributed by atoms with Crippen LogP contribution in [-0.4, -0.2) is 46.1 Å². The normalized spacial score (nSPS) is 14.9. The number of hydrogen-bond donors (Lipinski definition) is 4. The summed E-state index contributed by atoms with van der Waals surface area (Å²) < 4.78 is 0. The van der Waals surface area contributed by atoms with E-state index in [-0.39, 0.29) is 6.61 Å². The summed E-state index contributed by atoms with van der Waals surface area (Å²) >= 11 is 0. The van der Waals surface area contributed by atoms with Crippen LogP contribution in [0.15, 0.2) is 36.5 Å². The third kappa shape index (κ3) is 19.7. The van der Waals surface area contributed by atoms with Gasteiger partial charge in [0.2, 0.25) is 5.91 Å². The van der Waals surface area contributed by atoms with Crippen LogP contribution in [0.2, 0.25) is 0 Å². The fourth-order valence-electron chi connectivity index (χ4n) is 3.51. The fourth-order valence-corrected chi connectivity index (χ4v) is 3.51. The molecule has 0 aromatic heterocycles. The van der Waals surface area contributed by atoms with E-state index in [2.05, 4.69) is 43.5 Å². The van der Waals surface area contributed by atoms with Crippen molar-refractivity contribution < 1.29 is 20.1 Å². The molecule has 0 heterocycles. The summed E-state index contributed by atoms with van der Waals surface area (Å²) in [4.78, 5) is 12.2. The second kappa shape index (κ2) is 23.7. The maximum Gasteiger partial charge on any atom is 0.249 e. The second-order valence-corrected chi connectivity index (χ2v) is 8.88. The Bertz CT molecular complexity index is 530. The van der Waals surface area contributed by atoms with E-state index in [9.17, 15) is 20.1 Å². The predicted octanol–water partition coefficient (Wildman–Crippen LogP) is 5.75. The Balaban J connectivity index is 4.01. The average molecular weight is 466 g/mol. The molecule has 0 spiro atoms. The Morgan fingerprint density at radius 2 is 1.24 bits per heavy atom. The number of carbonyl (C=O) groups is 1. The highest BCUT2D eigenvalue weighted by atomic mass is 16.3. The molecule has 0 saturated carbocycles. The zero-order valence-corrected chi connectivity index (χ0v) is 21.3. The molecule has 3 unspecified atom stereocenters. The molecule has 0 aliphatic rings. The molecule has 5 heteroatoms. The summed E-state index contributed by atoms with van der Waals surface area (Å²) in [5, 5.41) is 32.4. The standard InChI is InChI=1S/C28H51NO4/c1-3-5-7-9-11-13-14-15-17-18-20-22-26(31)25(24-30)29-28(33)27(32)23-21-19-16-12-10-8-6-4-2/h7,9,14-15,20,22,25-27,30-32H,3-6,8,10-13,16-19,21,23-24H2,1-2H3,(H,29,33)/b9-7+,15-14+,22-20+. The number of aliphatic hydroxyl groups is 3. The second-order valence-electron chi connectivity index (χ2n) is 8.88. The first-order valence-electron chi connectivity index (χ1n) is 13.3. The molecular formula is C28H51NO4. The maximum atomic E-state index is 12.2. The number of amides is 1. The van der Waals surface area contributed by atoms with Gasteiger partial charge in [-0.3, -0.25) is 4.79 Å². The van der Waals surface area contributed by atoms with Crippen LogP contribution in [0.4, 0.5) is 0 Å². The Labute approximate surface area is 203 Å². The fraction of sp³-hybridized carbons (Fsp3) is 0.750. The SMILES string of the molecule is CCC/C=C/CC/C=C/CC/C=C/C(O)C(CO)NC(=O)C(O)CCCCCCCCCC. The van der Waals surface area contributed by atoms with Crippen molar-refractivity contribution in [1.29, 1.82) is 0 Å². The first kappa shape index (κ1) is 31.6. The minimum atomic E-state index is -1.10. The molecule has 0 saturated heterocycles. The van der Waals surface area contributed by atoms with E-state index in [1.54, 1.807) is 6.08 Å². The quantitative estimate of drug-likeness (QED) is 0.121. The molecule has 1 amide bonds. The van der Waals surface area contributed by atoms with Crippen LogP contribution < -0.4 is 5.32 Å². The number of unbranched alkanes of at least 4 members (excludes halogenated alkanes) is 10. The van der Waals surface area contributed by atoms with Gasteiger partial charge < -0.3 is 20.6 Å². The smallest absolute Gasteiger partial charge is 0.249 e. The van der Waals surface area contributed by atoms with E-state index in [0.29, 0.717) is 6.42 Å². The van der Waals surface area contributed by atoms with Crippen LogP contribution in [0.25, 0.3) is 0 Å². The molecule has 0 aliphatic heterocycles. The zero-order valence-electron chi connectivity index (χ0n) is 21.3. The lowest BCUT2D eigenvalue weighted by molar-refractivity contribution is -0.131. The van der Waals surface area contributed by atoms with Crippen molar-refractivity contribution in [2.24, 2.45) is 0 Å². The van der Waals surface area contributed by atoms with E-state index < -0.39 is 24.2 Å². The van der Waals surface area contributed by atoms with Crippen LogP contribution in [-0.2, 0) is 4.79 Å². The van der Waals surface area contributed by atoms with E-state index in [0.717, 1.165) is 51.4 Å². The van der Waals surface area contributed by atoms with Gasteiger partial charge in [-0.25, -0.2) is 0 Å². The van der Waals surface area contributed by atoms with Crippen molar-refractivity contribution >= 4 is 5.91 Å². The summed E-state index contributed by atoms with van der Waals surface area (Å²) in [5.41, 5.74) is 0. The minimum absolute atomic E-state index is 0.382. The number of carbonyl (C=O) groups excluding carboxylic acids is 1. The summed E-state index contributed by atoms with van der Waals surface area (Å²) in [6.07, 6.45) is 25.9. The first-order chi connectivity index (χ1) is 16.1. The molecule has 0 bridgehead atoms. The van der Waals surface area contributed by atoms with Gasteiger partial charge in [0.15, 0.2) is 0 Å². The summed E-state index contributed by atoms with van der Waals surface area (Å²) in [7, 11) is 0. The number of allylic oxidation sites excluding steroid dienone is 5. The van der Waals surface area contributed by atoms with E-state index >= 15 is 0 Å². The number of rotatable bonds is 22. The molecule has 3 atom stereocenters. The molecule has 5 nitrogen and oxygen atoms in total. The molecule has 0 aliphatic carbocycles. The average Bonchev–Trinajstić information content (AvgIpc) is 2.82. The van der Waals surface area contributed by atoms with Crippen molar-refractivity contribution in [3.8, 4) is 0 Å². The number of hydrogen-bond acceptors (Lipinski definition) is 4. The van der Waals surface area contributed by atoms with Gasteiger partial charge in [0, 0.05) is 0 Å². The summed E-state index contributed by atoms with van der Waals surface area (Å²) in [5.74, 6) is -0.527. The molecular weight excluding hydrogens is 414 g/mol. The maximum absolute atomic E-state index is 12.2. The van der Waals surface area contributed by atoms with Crippen molar-refractivity contribution in [1.82, 2.24) is 5.32 Å². The van der Waals surface area contributed by atoms with Gasteiger partial charge in [0.25, 0.3) is 0 Å². The van der Waals surface area contributed by atoms with Crippen LogP contribution in [0.5, 0.6) is 0 Å². The highest BCUT2D eigenvalue weighted by Crippen LogP contribution is 2.11. The van der Waals surface area contributed by atoms with Gasteiger partial charge in [-0.05, 0) is 38.5 Å². The van der Waals surface area contributed by atoms with Crippen LogP contribution in [0.3, 0.4) is 0 Å². The number of aliphatic hydroxyl groups excluding tert-OH is 3. The van der Waals surface area contributed by atoms with E-state index in [1.165, 1.54) is 38.5 Å². The van der Waals surface area contributed by atoms with Crippen molar-refractivity contribution in [2.45, 2.75) is 128 Å². The molecule has 33 heavy (non-hydrogen) atoms. The van der Waals surface area contributed by atoms with E-state index in [4.69, 9.17) is 0 Å². The van der Waals surface area contributed by atoms with Crippen LogP contribution >= 0.6 is 0 Å². The van der Waals surface area contributed by atoms with Gasteiger partial charge in [-0.1, -0.05) is 108 Å². The molecule has 0 fully saturated rings. The molecule has 0 aromatic rings. The van der Waals surface area contributed by atoms with Crippen molar-refractivity contribution in [3.05, 3.63) is 36.5 Å². The molecule has 0 radical (unpaired) electrons. The lowest BCUT2D eigenvalue weighted by Gasteiger charge is -2.21.